The fraction of sp³-hybridized carbons (Fsp3) is 0.571. The van der Waals surface area contributed by atoms with Gasteiger partial charge in [-0.25, -0.2) is 0 Å². The van der Waals surface area contributed by atoms with Crippen molar-refractivity contribution in [2.75, 3.05) is 19.7 Å². The molecule has 1 N–H and O–H groups in total. The molecule has 0 bridgehead atoms. The van der Waals surface area contributed by atoms with Crippen LogP contribution in [0.3, 0.4) is 0 Å². The number of hydrogen-bond donors (Lipinski definition) is 1. The molecule has 150 valence electrons. The molecule has 3 amide bonds. The molecule has 0 radical (unpaired) electrons. The van der Waals surface area contributed by atoms with Gasteiger partial charge in [0, 0.05) is 24.6 Å². The average Bonchev–Trinajstić information content (AvgIpc) is 3.02. The van der Waals surface area contributed by atoms with Crippen molar-refractivity contribution < 1.29 is 19.1 Å². The number of imide groups is 1. The molecule has 28 heavy (non-hydrogen) atoms. The molecule has 1 aromatic rings. The van der Waals surface area contributed by atoms with Crippen molar-refractivity contribution in [3.05, 3.63) is 29.3 Å². The largest absolute Gasteiger partial charge is 0.492 e. The van der Waals surface area contributed by atoms with E-state index in [0.29, 0.717) is 31.2 Å². The maximum atomic E-state index is 12.7. The molecular weight excluding hydrogens is 358 g/mol. The fourth-order valence-corrected chi connectivity index (χ4v) is 4.50. The third kappa shape index (κ3) is 3.63. The van der Waals surface area contributed by atoms with Gasteiger partial charge in [-0.1, -0.05) is 13.3 Å². The monoisotopic (exact) mass is 385 g/mol. The van der Waals surface area contributed by atoms with Crippen LogP contribution in [0.2, 0.25) is 0 Å². The molecule has 2 atom stereocenters. The average molecular weight is 385 g/mol. The fourth-order valence-electron chi connectivity index (χ4n) is 4.50. The van der Waals surface area contributed by atoms with E-state index in [-0.39, 0.29) is 24.1 Å². The number of fused-ring (bicyclic) bond motifs is 1. The van der Waals surface area contributed by atoms with Gasteiger partial charge in [-0.15, -0.1) is 0 Å². The first-order chi connectivity index (χ1) is 13.6. The van der Waals surface area contributed by atoms with E-state index in [1.165, 1.54) is 12.8 Å². The Hall–Kier alpha value is -2.41. The van der Waals surface area contributed by atoms with Crippen LogP contribution >= 0.6 is 0 Å². The van der Waals surface area contributed by atoms with Crippen molar-refractivity contribution in [3.8, 4) is 5.75 Å². The maximum absolute atomic E-state index is 12.7. The quantitative estimate of drug-likeness (QED) is 0.781. The number of amides is 3. The zero-order valence-corrected chi connectivity index (χ0v) is 16.3. The molecule has 1 aromatic carbocycles. The van der Waals surface area contributed by atoms with Crippen LogP contribution in [-0.4, -0.2) is 59.3 Å². The SMILES string of the molecule is CCN1CCCC[C@@H]1COc1ccc2c(c1)CN([C@H]1CCC(=O)NC1=O)C2=O. The summed E-state index contributed by atoms with van der Waals surface area (Å²) in [6.07, 6.45) is 4.29. The molecule has 2 fully saturated rings. The van der Waals surface area contributed by atoms with Crippen LogP contribution in [0.4, 0.5) is 0 Å². The first-order valence-electron chi connectivity index (χ1n) is 10.2. The van der Waals surface area contributed by atoms with Crippen LogP contribution in [0.5, 0.6) is 5.75 Å². The third-order valence-corrected chi connectivity index (χ3v) is 6.09. The van der Waals surface area contributed by atoms with Crippen LogP contribution in [-0.2, 0) is 16.1 Å². The Kier molecular flexibility index (Phi) is 5.35. The van der Waals surface area contributed by atoms with Crippen molar-refractivity contribution in [1.29, 1.82) is 0 Å². The summed E-state index contributed by atoms with van der Waals surface area (Å²) in [6, 6.07) is 5.40. The van der Waals surface area contributed by atoms with E-state index in [9.17, 15) is 14.4 Å². The van der Waals surface area contributed by atoms with Gasteiger partial charge >= 0.3 is 0 Å². The van der Waals surface area contributed by atoms with Crippen LogP contribution in [0.1, 0.15) is 54.9 Å². The summed E-state index contributed by atoms with van der Waals surface area (Å²) >= 11 is 0. The molecule has 0 unspecified atom stereocenters. The number of ether oxygens (including phenoxy) is 1. The van der Waals surface area contributed by atoms with Crippen LogP contribution in [0, 0.1) is 0 Å². The minimum atomic E-state index is -0.581. The molecule has 0 spiro atoms. The number of likely N-dealkylation sites (N-methyl/N-ethyl adjacent to an activating group) is 1. The molecule has 7 nitrogen and oxygen atoms in total. The zero-order valence-electron chi connectivity index (χ0n) is 16.3. The predicted octanol–water partition coefficient (Wildman–Crippen LogP) is 1.70. The Bertz CT molecular complexity index is 794. The number of likely N-dealkylation sites (tertiary alicyclic amines) is 1. The van der Waals surface area contributed by atoms with E-state index in [2.05, 4.69) is 17.1 Å². The lowest BCUT2D eigenvalue weighted by atomic mass is 10.0. The van der Waals surface area contributed by atoms with Crippen LogP contribution < -0.4 is 10.1 Å². The summed E-state index contributed by atoms with van der Waals surface area (Å²) in [5, 5.41) is 2.33. The van der Waals surface area contributed by atoms with E-state index in [4.69, 9.17) is 4.74 Å². The van der Waals surface area contributed by atoms with Crippen molar-refractivity contribution >= 4 is 17.7 Å². The number of carbonyl (C=O) groups excluding carboxylic acids is 3. The molecule has 3 aliphatic rings. The molecule has 4 rings (SSSR count). The van der Waals surface area contributed by atoms with Gasteiger partial charge in [-0.2, -0.15) is 0 Å². The van der Waals surface area contributed by atoms with Crippen molar-refractivity contribution in [1.82, 2.24) is 15.1 Å². The Morgan fingerprint density at radius 3 is 2.82 bits per heavy atom. The van der Waals surface area contributed by atoms with Gasteiger partial charge in [0.15, 0.2) is 0 Å². The van der Waals surface area contributed by atoms with E-state index >= 15 is 0 Å². The first-order valence-corrected chi connectivity index (χ1v) is 10.2. The Labute approximate surface area is 165 Å². The van der Waals surface area contributed by atoms with Gasteiger partial charge in [0.2, 0.25) is 11.8 Å². The lowest BCUT2D eigenvalue weighted by Gasteiger charge is -2.34. The number of hydrogen-bond acceptors (Lipinski definition) is 5. The minimum Gasteiger partial charge on any atom is -0.492 e. The van der Waals surface area contributed by atoms with Crippen molar-refractivity contribution in [2.24, 2.45) is 0 Å². The smallest absolute Gasteiger partial charge is 0.255 e. The molecule has 2 saturated heterocycles. The summed E-state index contributed by atoms with van der Waals surface area (Å²) in [4.78, 5) is 40.3. The van der Waals surface area contributed by atoms with E-state index in [1.807, 2.05) is 12.1 Å². The second kappa shape index (κ2) is 7.91. The van der Waals surface area contributed by atoms with Gasteiger partial charge in [-0.3, -0.25) is 24.6 Å². The number of carbonyl (C=O) groups is 3. The topological polar surface area (TPSA) is 79.0 Å². The van der Waals surface area contributed by atoms with Gasteiger partial charge in [-0.05, 0) is 56.1 Å². The molecule has 7 heteroatoms. The Morgan fingerprint density at radius 1 is 1.18 bits per heavy atom. The molecule has 3 aliphatic heterocycles. The van der Waals surface area contributed by atoms with E-state index in [1.54, 1.807) is 11.0 Å². The van der Waals surface area contributed by atoms with Gasteiger partial charge < -0.3 is 9.64 Å². The van der Waals surface area contributed by atoms with Gasteiger partial charge in [0.1, 0.15) is 18.4 Å². The Balaban J connectivity index is 1.42. The van der Waals surface area contributed by atoms with E-state index < -0.39 is 6.04 Å². The van der Waals surface area contributed by atoms with Crippen molar-refractivity contribution in [3.63, 3.8) is 0 Å². The second-order valence-electron chi connectivity index (χ2n) is 7.81. The normalized spacial score (nSPS) is 25.6. The number of rotatable bonds is 5. The lowest BCUT2D eigenvalue weighted by Crippen LogP contribution is -2.52. The summed E-state index contributed by atoms with van der Waals surface area (Å²) in [6.45, 7) is 5.38. The maximum Gasteiger partial charge on any atom is 0.255 e. The number of nitrogens with zero attached hydrogens (tertiary/aromatic N) is 2. The Morgan fingerprint density at radius 2 is 2.04 bits per heavy atom. The first kappa shape index (κ1) is 18.9. The number of piperidine rings is 2. The molecule has 3 heterocycles. The summed E-state index contributed by atoms with van der Waals surface area (Å²) in [5.41, 5.74) is 1.49. The van der Waals surface area contributed by atoms with Crippen molar-refractivity contribution in [2.45, 2.75) is 57.7 Å². The predicted molar refractivity (Wildman–Crippen MR) is 103 cm³/mol. The number of nitrogens with one attached hydrogen (secondary N) is 1. The van der Waals surface area contributed by atoms with Crippen LogP contribution in [0.25, 0.3) is 0 Å². The summed E-state index contributed by atoms with van der Waals surface area (Å²) < 4.78 is 6.06. The highest BCUT2D eigenvalue weighted by atomic mass is 16.5. The molecule has 0 saturated carbocycles. The molecule has 0 aliphatic carbocycles. The number of benzene rings is 1. The highest BCUT2D eigenvalue weighted by Gasteiger charge is 2.39. The highest BCUT2D eigenvalue weighted by molar-refractivity contribution is 6.05. The van der Waals surface area contributed by atoms with Gasteiger partial charge in [0.25, 0.3) is 5.91 Å². The molecule has 0 aromatic heterocycles. The summed E-state index contributed by atoms with van der Waals surface area (Å²) in [7, 11) is 0. The third-order valence-electron chi connectivity index (χ3n) is 6.09. The highest BCUT2D eigenvalue weighted by Crippen LogP contribution is 2.30. The summed E-state index contributed by atoms with van der Waals surface area (Å²) in [5.74, 6) is -0.0467. The molecular formula is C21H27N3O4. The minimum absolute atomic E-state index is 0.152. The second-order valence-corrected chi connectivity index (χ2v) is 7.81. The standard InChI is InChI=1S/C21H27N3O4/c1-2-23-10-4-3-5-15(23)13-28-16-6-7-17-14(11-16)12-24(21(17)27)18-8-9-19(25)22-20(18)26/h6-7,11,15,18H,2-5,8-10,12-13H2,1H3,(H,22,25,26)/t15-,18+/m1/s1. The van der Waals surface area contributed by atoms with Gasteiger partial charge in [0.05, 0.1) is 0 Å². The van der Waals surface area contributed by atoms with E-state index in [0.717, 1.165) is 30.8 Å². The zero-order chi connectivity index (χ0) is 19.7. The van der Waals surface area contributed by atoms with Crippen LogP contribution in [0.15, 0.2) is 18.2 Å². The lowest BCUT2D eigenvalue weighted by molar-refractivity contribution is -0.136.